The molecule has 140 valence electrons. The van der Waals surface area contributed by atoms with Crippen LogP contribution in [0, 0.1) is 12.7 Å². The molecule has 0 spiro atoms. The summed E-state index contributed by atoms with van der Waals surface area (Å²) in [7, 11) is 0.334. The fourth-order valence-corrected chi connectivity index (χ4v) is 4.63. The minimum absolute atomic E-state index is 0.130. The van der Waals surface area contributed by atoms with Crippen LogP contribution in [0.5, 0.6) is 5.75 Å². The SMILES string of the molecule is CCC(C)(Pc1ccccc1F)c1cc(C)ccc1OCc1ccccc1. The maximum Gasteiger partial charge on any atom is 0.130 e. The van der Waals surface area contributed by atoms with Crippen LogP contribution in [0.3, 0.4) is 0 Å². The molecule has 2 unspecified atom stereocenters. The van der Waals surface area contributed by atoms with E-state index in [1.165, 1.54) is 5.56 Å². The summed E-state index contributed by atoms with van der Waals surface area (Å²) in [4.78, 5) is 0. The zero-order valence-corrected chi connectivity index (χ0v) is 17.1. The highest BCUT2D eigenvalue weighted by atomic mass is 31.1. The summed E-state index contributed by atoms with van der Waals surface area (Å²) in [6.45, 7) is 6.99. The van der Waals surface area contributed by atoms with Gasteiger partial charge >= 0.3 is 0 Å². The van der Waals surface area contributed by atoms with Crippen molar-refractivity contribution in [2.45, 2.75) is 39.0 Å². The van der Waals surface area contributed by atoms with Gasteiger partial charge in [-0.1, -0.05) is 88.7 Å². The summed E-state index contributed by atoms with van der Waals surface area (Å²) in [6, 6.07) is 23.6. The molecule has 0 fully saturated rings. The number of halogens is 1. The van der Waals surface area contributed by atoms with Crippen LogP contribution >= 0.6 is 8.58 Å². The standard InChI is InChI=1S/C24H26FOP/c1-4-24(3,27-23-13-9-8-12-21(23)25)20-16-18(2)14-15-22(20)26-17-19-10-6-5-7-11-19/h5-16,27H,4,17H2,1-3H3. The first kappa shape index (κ1) is 19.6. The molecule has 2 atom stereocenters. The summed E-state index contributed by atoms with van der Waals surface area (Å²) in [5.74, 6) is 0.757. The number of benzene rings is 3. The average molecular weight is 380 g/mol. The van der Waals surface area contributed by atoms with Crippen molar-refractivity contribution in [1.82, 2.24) is 0 Å². The molecule has 0 N–H and O–H groups in total. The van der Waals surface area contributed by atoms with Crippen molar-refractivity contribution in [1.29, 1.82) is 0 Å². The molecule has 0 aromatic heterocycles. The van der Waals surface area contributed by atoms with E-state index in [9.17, 15) is 4.39 Å². The molecular formula is C24H26FOP. The van der Waals surface area contributed by atoms with Crippen molar-refractivity contribution >= 4 is 13.9 Å². The molecule has 0 amide bonds. The van der Waals surface area contributed by atoms with E-state index in [0.717, 1.165) is 28.6 Å². The maximum absolute atomic E-state index is 14.3. The van der Waals surface area contributed by atoms with Crippen LogP contribution in [-0.2, 0) is 11.8 Å². The molecule has 3 rings (SSSR count). The zero-order chi connectivity index (χ0) is 19.3. The van der Waals surface area contributed by atoms with Crippen LogP contribution in [0.4, 0.5) is 4.39 Å². The van der Waals surface area contributed by atoms with E-state index < -0.39 is 0 Å². The third kappa shape index (κ3) is 4.76. The molecule has 0 aliphatic heterocycles. The van der Waals surface area contributed by atoms with Crippen LogP contribution in [0.15, 0.2) is 72.8 Å². The molecule has 27 heavy (non-hydrogen) atoms. The molecule has 0 saturated heterocycles. The number of rotatable bonds is 7. The largest absolute Gasteiger partial charge is 0.489 e. The van der Waals surface area contributed by atoms with E-state index in [4.69, 9.17) is 4.74 Å². The van der Waals surface area contributed by atoms with Crippen molar-refractivity contribution in [3.8, 4) is 5.75 Å². The Bertz CT molecular complexity index is 894. The second-order valence-corrected chi connectivity index (χ2v) is 8.96. The summed E-state index contributed by atoms with van der Waals surface area (Å²) < 4.78 is 20.5. The smallest absolute Gasteiger partial charge is 0.130 e. The van der Waals surface area contributed by atoms with Crippen LogP contribution in [0.1, 0.15) is 37.0 Å². The van der Waals surface area contributed by atoms with E-state index in [1.54, 1.807) is 12.1 Å². The number of aryl methyl sites for hydroxylation is 1. The van der Waals surface area contributed by atoms with Crippen LogP contribution in [0.2, 0.25) is 0 Å². The highest BCUT2D eigenvalue weighted by Gasteiger charge is 2.29. The van der Waals surface area contributed by atoms with Crippen LogP contribution in [0.25, 0.3) is 0 Å². The van der Waals surface area contributed by atoms with Gasteiger partial charge in [-0.15, -0.1) is 0 Å². The summed E-state index contributed by atoms with van der Waals surface area (Å²) >= 11 is 0. The summed E-state index contributed by atoms with van der Waals surface area (Å²) in [5, 5.41) is 0.595. The Labute approximate surface area is 163 Å². The predicted octanol–water partition coefficient (Wildman–Crippen LogP) is 6.34. The quantitative estimate of drug-likeness (QED) is 0.435. The fraction of sp³-hybridized carbons (Fsp3) is 0.250. The second kappa shape index (κ2) is 8.67. The highest BCUT2D eigenvalue weighted by molar-refractivity contribution is 7.48. The van der Waals surface area contributed by atoms with Gasteiger partial charge in [-0.2, -0.15) is 0 Å². The van der Waals surface area contributed by atoms with Gasteiger partial charge in [0.25, 0.3) is 0 Å². The van der Waals surface area contributed by atoms with Gasteiger partial charge in [-0.3, -0.25) is 0 Å². The molecular weight excluding hydrogens is 354 g/mol. The van der Waals surface area contributed by atoms with E-state index in [0.29, 0.717) is 15.2 Å². The third-order valence-electron chi connectivity index (χ3n) is 4.96. The van der Waals surface area contributed by atoms with E-state index in [2.05, 4.69) is 45.0 Å². The first-order chi connectivity index (χ1) is 13.0. The Morgan fingerprint density at radius 2 is 1.67 bits per heavy atom. The minimum Gasteiger partial charge on any atom is -0.489 e. The van der Waals surface area contributed by atoms with Crippen molar-refractivity contribution in [2.24, 2.45) is 0 Å². The van der Waals surface area contributed by atoms with Crippen LogP contribution in [-0.4, -0.2) is 0 Å². The normalized spacial score (nSPS) is 13.6. The molecule has 3 aromatic rings. The van der Waals surface area contributed by atoms with E-state index in [-0.39, 0.29) is 11.0 Å². The summed E-state index contributed by atoms with van der Waals surface area (Å²) in [6.07, 6.45) is 0.908. The van der Waals surface area contributed by atoms with Gasteiger partial charge in [0.15, 0.2) is 0 Å². The number of hydrogen-bond acceptors (Lipinski definition) is 1. The molecule has 3 aromatic carbocycles. The van der Waals surface area contributed by atoms with Gasteiger partial charge in [-0.25, -0.2) is 4.39 Å². The average Bonchev–Trinajstić information content (AvgIpc) is 2.69. The maximum atomic E-state index is 14.3. The molecule has 1 nitrogen and oxygen atoms in total. The lowest BCUT2D eigenvalue weighted by Gasteiger charge is -2.31. The topological polar surface area (TPSA) is 9.23 Å². The lowest BCUT2D eigenvalue weighted by Crippen LogP contribution is -2.21. The van der Waals surface area contributed by atoms with E-state index in [1.807, 2.05) is 36.4 Å². The molecule has 3 heteroatoms. The van der Waals surface area contributed by atoms with Crippen molar-refractivity contribution < 1.29 is 9.13 Å². The Morgan fingerprint density at radius 3 is 2.37 bits per heavy atom. The zero-order valence-electron chi connectivity index (χ0n) is 16.1. The van der Waals surface area contributed by atoms with Gasteiger partial charge in [0.05, 0.1) is 0 Å². The van der Waals surface area contributed by atoms with Gasteiger partial charge in [-0.05, 0) is 31.0 Å². The summed E-state index contributed by atoms with van der Waals surface area (Å²) in [5.41, 5.74) is 3.48. The molecule has 0 radical (unpaired) electrons. The number of ether oxygens (including phenoxy) is 1. The first-order valence-corrected chi connectivity index (χ1v) is 10.3. The van der Waals surface area contributed by atoms with Crippen LogP contribution < -0.4 is 10.0 Å². The van der Waals surface area contributed by atoms with Crippen molar-refractivity contribution in [3.63, 3.8) is 0 Å². The van der Waals surface area contributed by atoms with Gasteiger partial charge in [0.1, 0.15) is 18.2 Å². The third-order valence-corrected chi connectivity index (χ3v) is 6.81. The molecule has 0 aliphatic carbocycles. The first-order valence-electron chi connectivity index (χ1n) is 9.32. The van der Waals surface area contributed by atoms with Crippen molar-refractivity contribution in [3.05, 3.63) is 95.3 Å². The highest BCUT2D eigenvalue weighted by Crippen LogP contribution is 2.47. The van der Waals surface area contributed by atoms with Crippen molar-refractivity contribution in [2.75, 3.05) is 0 Å². The fourth-order valence-electron chi connectivity index (χ4n) is 3.14. The molecule has 0 bridgehead atoms. The predicted molar refractivity (Wildman–Crippen MR) is 114 cm³/mol. The lowest BCUT2D eigenvalue weighted by molar-refractivity contribution is 0.299. The molecule has 0 saturated carbocycles. The Kier molecular flexibility index (Phi) is 6.29. The van der Waals surface area contributed by atoms with Gasteiger partial charge < -0.3 is 4.74 Å². The van der Waals surface area contributed by atoms with Gasteiger partial charge in [0.2, 0.25) is 0 Å². The minimum atomic E-state index is -0.180. The Balaban J connectivity index is 1.92. The van der Waals surface area contributed by atoms with Gasteiger partial charge in [0, 0.05) is 16.0 Å². The molecule has 0 heterocycles. The monoisotopic (exact) mass is 380 g/mol. The van der Waals surface area contributed by atoms with E-state index >= 15 is 0 Å². The lowest BCUT2D eigenvalue weighted by atomic mass is 9.95. The molecule has 0 aliphatic rings. The second-order valence-electron chi connectivity index (χ2n) is 7.06. The number of hydrogen-bond donors (Lipinski definition) is 0. The Morgan fingerprint density at radius 1 is 0.963 bits per heavy atom. The Hall–Kier alpha value is -2.18.